The molecule has 120 valence electrons. The van der Waals surface area contributed by atoms with Gasteiger partial charge in [0.1, 0.15) is 0 Å². The number of hydrogen-bond acceptors (Lipinski definition) is 5. The van der Waals surface area contributed by atoms with E-state index in [9.17, 15) is 8.42 Å². The van der Waals surface area contributed by atoms with Gasteiger partial charge in [0.05, 0.1) is 25.6 Å². The van der Waals surface area contributed by atoms with Crippen LogP contribution in [0.25, 0.3) is 0 Å². The maximum Gasteiger partial charge on any atom is 0.215 e. The van der Waals surface area contributed by atoms with Gasteiger partial charge in [-0.15, -0.1) is 0 Å². The molecule has 0 aromatic heterocycles. The molecule has 0 unspecified atom stereocenters. The first-order chi connectivity index (χ1) is 10.1. The van der Waals surface area contributed by atoms with Crippen molar-refractivity contribution in [3.8, 4) is 0 Å². The van der Waals surface area contributed by atoms with Crippen LogP contribution in [0.5, 0.6) is 0 Å². The molecular formula is C14H24N2O4S. The number of hydrogen-bond donors (Lipinski definition) is 2. The molecular weight excluding hydrogens is 292 g/mol. The van der Waals surface area contributed by atoms with Crippen molar-refractivity contribution >= 4 is 10.0 Å². The fourth-order valence-electron chi connectivity index (χ4n) is 1.82. The Morgan fingerprint density at radius 3 is 2.62 bits per heavy atom. The normalized spacial score (nSPS) is 11.7. The molecule has 2 N–H and O–H groups in total. The van der Waals surface area contributed by atoms with Crippen LogP contribution in [0.2, 0.25) is 0 Å². The van der Waals surface area contributed by atoms with Gasteiger partial charge in [0.2, 0.25) is 10.0 Å². The molecule has 0 aliphatic heterocycles. The summed E-state index contributed by atoms with van der Waals surface area (Å²) in [6, 6.07) is 7.54. The van der Waals surface area contributed by atoms with E-state index >= 15 is 0 Å². The van der Waals surface area contributed by atoms with Gasteiger partial charge in [-0.1, -0.05) is 24.3 Å². The zero-order chi connectivity index (χ0) is 15.6. The zero-order valence-electron chi connectivity index (χ0n) is 12.6. The van der Waals surface area contributed by atoms with E-state index < -0.39 is 10.0 Å². The van der Waals surface area contributed by atoms with E-state index in [0.29, 0.717) is 26.4 Å². The van der Waals surface area contributed by atoms with Crippen molar-refractivity contribution in [1.29, 1.82) is 0 Å². The Morgan fingerprint density at radius 1 is 1.14 bits per heavy atom. The van der Waals surface area contributed by atoms with Gasteiger partial charge in [-0.3, -0.25) is 0 Å². The third kappa shape index (κ3) is 8.13. The largest absolute Gasteiger partial charge is 0.382 e. The van der Waals surface area contributed by atoms with Crippen LogP contribution in [-0.2, 0) is 31.8 Å². The summed E-state index contributed by atoms with van der Waals surface area (Å²) in [5.41, 5.74) is 1.84. The van der Waals surface area contributed by atoms with E-state index in [0.717, 1.165) is 11.1 Å². The molecule has 0 saturated heterocycles. The quantitative estimate of drug-likeness (QED) is 0.581. The van der Waals surface area contributed by atoms with Crippen LogP contribution in [0, 0.1) is 0 Å². The molecule has 0 saturated carbocycles. The summed E-state index contributed by atoms with van der Waals surface area (Å²) in [5.74, 6) is -0.0252. The van der Waals surface area contributed by atoms with Crippen LogP contribution >= 0.6 is 0 Å². The third-order valence-electron chi connectivity index (χ3n) is 2.73. The van der Waals surface area contributed by atoms with E-state index in [-0.39, 0.29) is 12.3 Å². The Morgan fingerprint density at radius 2 is 1.90 bits per heavy atom. The highest BCUT2D eigenvalue weighted by molar-refractivity contribution is 7.88. The third-order valence-corrected chi connectivity index (χ3v) is 4.09. The average molecular weight is 316 g/mol. The van der Waals surface area contributed by atoms with Crippen LogP contribution < -0.4 is 10.0 Å². The summed E-state index contributed by atoms with van der Waals surface area (Å²) < 4.78 is 36.5. The average Bonchev–Trinajstić information content (AvgIpc) is 2.43. The van der Waals surface area contributed by atoms with Crippen LogP contribution in [0.3, 0.4) is 0 Å². The molecule has 1 rings (SSSR count). The van der Waals surface area contributed by atoms with E-state index in [1.807, 2.05) is 31.3 Å². The van der Waals surface area contributed by atoms with Crippen molar-refractivity contribution in [3.05, 3.63) is 35.4 Å². The molecule has 1 aromatic carbocycles. The molecule has 0 bridgehead atoms. The van der Waals surface area contributed by atoms with Crippen molar-refractivity contribution < 1.29 is 17.9 Å². The summed E-state index contributed by atoms with van der Waals surface area (Å²) in [4.78, 5) is 0. The smallest absolute Gasteiger partial charge is 0.215 e. The molecule has 0 amide bonds. The first-order valence-corrected chi connectivity index (χ1v) is 8.49. The minimum Gasteiger partial charge on any atom is -0.382 e. The van der Waals surface area contributed by atoms with Gasteiger partial charge >= 0.3 is 0 Å². The Kier molecular flexibility index (Phi) is 8.48. The second kappa shape index (κ2) is 9.86. The molecule has 0 fully saturated rings. The first-order valence-electron chi connectivity index (χ1n) is 6.84. The lowest BCUT2D eigenvalue weighted by Crippen LogP contribution is -2.29. The van der Waals surface area contributed by atoms with Crippen molar-refractivity contribution in [2.45, 2.75) is 12.3 Å². The Bertz CT molecular complexity index is 505. The number of benzene rings is 1. The minimum absolute atomic E-state index is 0.0252. The highest BCUT2D eigenvalue weighted by Gasteiger charge is 2.11. The predicted molar refractivity (Wildman–Crippen MR) is 82.5 cm³/mol. The summed E-state index contributed by atoms with van der Waals surface area (Å²) in [7, 11) is 0.106. The van der Waals surface area contributed by atoms with Crippen LogP contribution in [-0.4, -0.2) is 48.9 Å². The number of methoxy groups -OCH3 is 1. The van der Waals surface area contributed by atoms with Gasteiger partial charge in [-0.05, 0) is 18.2 Å². The Balaban J connectivity index is 2.39. The number of nitrogens with one attached hydrogen (secondary N) is 2. The van der Waals surface area contributed by atoms with Crippen molar-refractivity contribution in [2.24, 2.45) is 0 Å². The van der Waals surface area contributed by atoms with E-state index in [4.69, 9.17) is 9.47 Å². The second-order valence-corrected chi connectivity index (χ2v) is 6.42. The summed E-state index contributed by atoms with van der Waals surface area (Å²) in [6.07, 6.45) is 0. The Hall–Kier alpha value is -0.990. The first kappa shape index (κ1) is 18.1. The number of ether oxygens (including phenoxy) is 2. The second-order valence-electron chi connectivity index (χ2n) is 4.61. The molecule has 0 aliphatic carbocycles. The molecule has 0 aliphatic rings. The molecule has 1 aromatic rings. The molecule has 0 radical (unpaired) electrons. The SMILES string of the molecule is CNCc1cccc(CS(=O)(=O)NCCOCCOC)c1. The molecule has 0 spiro atoms. The number of sulfonamides is 1. The topological polar surface area (TPSA) is 76.7 Å². The van der Waals surface area contributed by atoms with Gasteiger partial charge in [0, 0.05) is 20.2 Å². The predicted octanol–water partition coefficient (Wildman–Crippen LogP) is 0.488. The standard InChI is InChI=1S/C14H24N2O4S/c1-15-11-13-4-3-5-14(10-13)12-21(17,18)16-6-7-20-9-8-19-2/h3-5,10,15-16H,6-9,11-12H2,1-2H3. The molecule has 6 nitrogen and oxygen atoms in total. The Labute approximate surface area is 126 Å². The fraction of sp³-hybridized carbons (Fsp3) is 0.571. The van der Waals surface area contributed by atoms with Gasteiger partial charge in [0.25, 0.3) is 0 Å². The van der Waals surface area contributed by atoms with Gasteiger partial charge in [-0.2, -0.15) is 0 Å². The lowest BCUT2D eigenvalue weighted by atomic mass is 10.1. The van der Waals surface area contributed by atoms with Crippen molar-refractivity contribution in [1.82, 2.24) is 10.0 Å². The maximum atomic E-state index is 12.0. The van der Waals surface area contributed by atoms with E-state index in [1.165, 1.54) is 0 Å². The highest BCUT2D eigenvalue weighted by atomic mass is 32.2. The van der Waals surface area contributed by atoms with E-state index in [1.54, 1.807) is 7.11 Å². The molecule has 0 atom stereocenters. The lowest BCUT2D eigenvalue weighted by molar-refractivity contribution is 0.0736. The summed E-state index contributed by atoms with van der Waals surface area (Å²) in [5, 5.41) is 3.04. The van der Waals surface area contributed by atoms with Crippen LogP contribution in [0.15, 0.2) is 24.3 Å². The van der Waals surface area contributed by atoms with Gasteiger partial charge in [-0.25, -0.2) is 13.1 Å². The summed E-state index contributed by atoms with van der Waals surface area (Å²) in [6.45, 7) is 2.29. The fourth-order valence-corrected chi connectivity index (χ4v) is 2.93. The minimum atomic E-state index is -3.34. The summed E-state index contributed by atoms with van der Waals surface area (Å²) >= 11 is 0. The highest BCUT2D eigenvalue weighted by Crippen LogP contribution is 2.08. The zero-order valence-corrected chi connectivity index (χ0v) is 13.4. The van der Waals surface area contributed by atoms with Gasteiger partial charge in [0.15, 0.2) is 0 Å². The van der Waals surface area contributed by atoms with Crippen LogP contribution in [0.1, 0.15) is 11.1 Å². The van der Waals surface area contributed by atoms with E-state index in [2.05, 4.69) is 10.0 Å². The maximum absolute atomic E-state index is 12.0. The lowest BCUT2D eigenvalue weighted by Gasteiger charge is -2.08. The van der Waals surface area contributed by atoms with Crippen molar-refractivity contribution in [3.63, 3.8) is 0 Å². The van der Waals surface area contributed by atoms with Crippen LogP contribution in [0.4, 0.5) is 0 Å². The molecule has 7 heteroatoms. The molecule has 0 heterocycles. The van der Waals surface area contributed by atoms with Crippen molar-refractivity contribution in [2.75, 3.05) is 40.5 Å². The van der Waals surface area contributed by atoms with Gasteiger partial charge < -0.3 is 14.8 Å². The monoisotopic (exact) mass is 316 g/mol. The molecule has 21 heavy (non-hydrogen) atoms. The number of rotatable bonds is 11.